The Hall–Kier alpha value is -1.09. The molecule has 0 unspecified atom stereocenters. The molecule has 0 heterocycles. The van der Waals surface area contributed by atoms with Gasteiger partial charge in [-0.15, -0.1) is 0 Å². The fourth-order valence-corrected chi connectivity index (χ4v) is 1.52. The first-order valence-corrected chi connectivity index (χ1v) is 5.88. The fourth-order valence-electron chi connectivity index (χ4n) is 1.13. The summed E-state index contributed by atoms with van der Waals surface area (Å²) in [6, 6.07) is 9.70. The molecule has 1 rings (SSSR count). The average molecular weight is 269 g/mol. The molecule has 2 nitrogen and oxygen atoms in total. The van der Waals surface area contributed by atoms with Gasteiger partial charge in [0.1, 0.15) is 0 Å². The molecule has 0 aromatic heterocycles. The van der Waals surface area contributed by atoms with E-state index in [1.807, 2.05) is 36.4 Å². The highest BCUT2D eigenvalue weighted by Crippen LogP contribution is 2.10. The van der Waals surface area contributed by atoms with E-state index in [0.717, 1.165) is 5.56 Å². The van der Waals surface area contributed by atoms with Gasteiger partial charge in [-0.3, -0.25) is 0 Å². The van der Waals surface area contributed by atoms with Crippen molar-refractivity contribution in [3.8, 4) is 0 Å². The van der Waals surface area contributed by atoms with Crippen LogP contribution in [0.5, 0.6) is 0 Å². The number of carbonyl (C=O) groups excluding carboxylic acids is 1. The topological polar surface area (TPSA) is 26.3 Å². The number of carbonyl (C=O) groups is 1. The van der Waals surface area contributed by atoms with Crippen LogP contribution in [-0.4, -0.2) is 17.9 Å². The number of ether oxygens (including phenoxy) is 1. The van der Waals surface area contributed by atoms with E-state index in [-0.39, 0.29) is 5.97 Å². The van der Waals surface area contributed by atoms with E-state index < -0.39 is 0 Å². The summed E-state index contributed by atoms with van der Waals surface area (Å²) in [5.74, 6) is -0.266. The van der Waals surface area contributed by atoms with E-state index in [9.17, 15) is 4.79 Å². The minimum absolute atomic E-state index is 0.266. The van der Waals surface area contributed by atoms with Crippen molar-refractivity contribution in [2.75, 3.05) is 11.9 Å². The Balaban J connectivity index is 2.83. The second-order valence-electron chi connectivity index (χ2n) is 2.93. The van der Waals surface area contributed by atoms with E-state index in [1.54, 1.807) is 6.92 Å². The maximum Gasteiger partial charge on any atom is 0.334 e. The molecule has 0 saturated carbocycles. The van der Waals surface area contributed by atoms with Gasteiger partial charge in [0.2, 0.25) is 0 Å². The average Bonchev–Trinajstić information content (AvgIpc) is 2.27. The van der Waals surface area contributed by atoms with Gasteiger partial charge in [-0.2, -0.15) is 0 Å². The summed E-state index contributed by atoms with van der Waals surface area (Å²) in [6.07, 6.45) is 1.83. The molecule has 80 valence electrons. The lowest BCUT2D eigenvalue weighted by molar-refractivity contribution is -0.138. The summed E-state index contributed by atoms with van der Waals surface area (Å²) >= 11 is 3.27. The molecule has 0 amide bonds. The third kappa shape index (κ3) is 3.88. The van der Waals surface area contributed by atoms with Crippen molar-refractivity contribution in [3.63, 3.8) is 0 Å². The summed E-state index contributed by atoms with van der Waals surface area (Å²) in [4.78, 5) is 11.5. The second-order valence-corrected chi connectivity index (χ2v) is 3.50. The Morgan fingerprint density at radius 3 is 2.60 bits per heavy atom. The lowest BCUT2D eigenvalue weighted by atomic mass is 10.1. The molecule has 0 aliphatic heterocycles. The van der Waals surface area contributed by atoms with Crippen LogP contribution in [0.1, 0.15) is 12.5 Å². The van der Waals surface area contributed by atoms with Gasteiger partial charge in [0, 0.05) is 10.9 Å². The van der Waals surface area contributed by atoms with Crippen LogP contribution in [0.15, 0.2) is 35.9 Å². The van der Waals surface area contributed by atoms with E-state index in [1.165, 1.54) is 0 Å². The predicted molar refractivity (Wildman–Crippen MR) is 64.8 cm³/mol. The van der Waals surface area contributed by atoms with E-state index in [4.69, 9.17) is 4.74 Å². The Bertz CT molecular complexity index is 344. The Morgan fingerprint density at radius 1 is 1.40 bits per heavy atom. The van der Waals surface area contributed by atoms with Crippen molar-refractivity contribution >= 4 is 28.0 Å². The van der Waals surface area contributed by atoms with E-state index >= 15 is 0 Å². The lowest BCUT2D eigenvalue weighted by Crippen LogP contribution is -2.08. The third-order valence-electron chi connectivity index (χ3n) is 1.82. The number of alkyl halides is 1. The molecule has 0 radical (unpaired) electrons. The van der Waals surface area contributed by atoms with Crippen molar-refractivity contribution in [2.24, 2.45) is 0 Å². The van der Waals surface area contributed by atoms with E-state index in [2.05, 4.69) is 15.9 Å². The fraction of sp³-hybridized carbons (Fsp3) is 0.250. The van der Waals surface area contributed by atoms with Crippen molar-refractivity contribution in [3.05, 3.63) is 41.5 Å². The summed E-state index contributed by atoms with van der Waals surface area (Å²) in [5.41, 5.74) is 1.63. The van der Waals surface area contributed by atoms with Gasteiger partial charge in [-0.25, -0.2) is 4.79 Å². The number of halogens is 1. The van der Waals surface area contributed by atoms with Crippen LogP contribution in [0.25, 0.3) is 6.08 Å². The number of rotatable bonds is 4. The van der Waals surface area contributed by atoms with Gasteiger partial charge >= 0.3 is 5.97 Å². The van der Waals surface area contributed by atoms with Gasteiger partial charge in [-0.05, 0) is 18.6 Å². The standard InChI is InChI=1S/C12H13BrO2/c1-2-15-12(14)11(9-13)8-10-6-4-3-5-7-10/h3-8H,2,9H2,1H3. The maximum atomic E-state index is 11.5. The first-order valence-electron chi connectivity index (χ1n) is 4.76. The van der Waals surface area contributed by atoms with Gasteiger partial charge in [-0.1, -0.05) is 46.3 Å². The van der Waals surface area contributed by atoms with Crippen molar-refractivity contribution in [1.82, 2.24) is 0 Å². The maximum absolute atomic E-state index is 11.5. The minimum Gasteiger partial charge on any atom is -0.463 e. The van der Waals surface area contributed by atoms with Crippen LogP contribution in [0.4, 0.5) is 0 Å². The normalized spacial score (nSPS) is 11.2. The highest BCUT2D eigenvalue weighted by Gasteiger charge is 2.08. The van der Waals surface area contributed by atoms with Gasteiger partial charge in [0.15, 0.2) is 0 Å². The highest BCUT2D eigenvalue weighted by atomic mass is 79.9. The third-order valence-corrected chi connectivity index (χ3v) is 2.43. The van der Waals surface area contributed by atoms with Crippen LogP contribution in [0, 0.1) is 0 Å². The Labute approximate surface area is 98.1 Å². The van der Waals surface area contributed by atoms with Crippen LogP contribution in [0.2, 0.25) is 0 Å². The quantitative estimate of drug-likeness (QED) is 0.477. The van der Waals surface area contributed by atoms with Gasteiger partial charge in [0.05, 0.1) is 6.61 Å². The number of esters is 1. The molecule has 1 aromatic rings. The summed E-state index contributed by atoms with van der Waals surface area (Å²) in [7, 11) is 0. The molecule has 0 aliphatic rings. The molecule has 0 N–H and O–H groups in total. The van der Waals surface area contributed by atoms with Gasteiger partial charge < -0.3 is 4.74 Å². The molecule has 1 aromatic carbocycles. The molecule has 0 bridgehead atoms. The molecule has 0 spiro atoms. The zero-order valence-corrected chi connectivity index (χ0v) is 10.2. The van der Waals surface area contributed by atoms with Gasteiger partial charge in [0.25, 0.3) is 0 Å². The van der Waals surface area contributed by atoms with Crippen LogP contribution >= 0.6 is 15.9 Å². The van der Waals surface area contributed by atoms with Crippen LogP contribution < -0.4 is 0 Å². The number of hydrogen-bond donors (Lipinski definition) is 0. The molecule has 15 heavy (non-hydrogen) atoms. The minimum atomic E-state index is -0.266. The molecule has 0 fully saturated rings. The largest absolute Gasteiger partial charge is 0.463 e. The first-order chi connectivity index (χ1) is 7.27. The molecule has 0 atom stereocenters. The number of benzene rings is 1. The SMILES string of the molecule is CCOC(=O)C(=Cc1ccccc1)CBr. The zero-order chi connectivity index (χ0) is 11.1. The highest BCUT2D eigenvalue weighted by molar-refractivity contribution is 9.09. The molecule has 0 aliphatic carbocycles. The smallest absolute Gasteiger partial charge is 0.334 e. The first kappa shape index (κ1) is 12.0. The lowest BCUT2D eigenvalue weighted by Gasteiger charge is -2.03. The summed E-state index contributed by atoms with van der Waals surface area (Å²) in [5, 5.41) is 0.501. The summed E-state index contributed by atoms with van der Waals surface area (Å²) in [6.45, 7) is 2.20. The predicted octanol–water partition coefficient (Wildman–Crippen LogP) is 3.03. The zero-order valence-electron chi connectivity index (χ0n) is 8.57. The molecule has 0 saturated heterocycles. The molecule has 3 heteroatoms. The van der Waals surface area contributed by atoms with Crippen molar-refractivity contribution in [1.29, 1.82) is 0 Å². The van der Waals surface area contributed by atoms with Crippen LogP contribution in [-0.2, 0) is 9.53 Å². The van der Waals surface area contributed by atoms with Crippen molar-refractivity contribution in [2.45, 2.75) is 6.92 Å². The molecular formula is C12H13BrO2. The van der Waals surface area contributed by atoms with Crippen LogP contribution in [0.3, 0.4) is 0 Å². The Kier molecular flexibility index (Phi) is 5.12. The summed E-state index contributed by atoms with van der Waals surface area (Å²) < 4.78 is 4.93. The van der Waals surface area contributed by atoms with Crippen molar-refractivity contribution < 1.29 is 9.53 Å². The second kappa shape index (κ2) is 6.40. The Morgan fingerprint density at radius 2 is 2.07 bits per heavy atom. The number of hydrogen-bond acceptors (Lipinski definition) is 2. The van der Waals surface area contributed by atoms with E-state index in [0.29, 0.717) is 17.5 Å². The monoisotopic (exact) mass is 268 g/mol. The molecular weight excluding hydrogens is 256 g/mol.